The number of nitrogens with zero attached hydrogens (tertiary/aromatic N) is 2. The molecule has 1 N–H and O–H groups in total. The third kappa shape index (κ3) is 5.78. The molecule has 2 heterocycles. The van der Waals surface area contributed by atoms with Crippen molar-refractivity contribution in [2.75, 3.05) is 6.54 Å². The first-order valence-electron chi connectivity index (χ1n) is 9.60. The fourth-order valence-electron chi connectivity index (χ4n) is 3.09. The van der Waals surface area contributed by atoms with Gasteiger partial charge in [-0.15, -0.1) is 0 Å². The summed E-state index contributed by atoms with van der Waals surface area (Å²) in [5.41, 5.74) is 2.34. The maximum atomic E-state index is 13.1. The van der Waals surface area contributed by atoms with E-state index in [2.05, 4.69) is 10.3 Å². The van der Waals surface area contributed by atoms with Gasteiger partial charge in [0.1, 0.15) is 11.5 Å². The van der Waals surface area contributed by atoms with Crippen LogP contribution in [0.25, 0.3) is 0 Å². The summed E-state index contributed by atoms with van der Waals surface area (Å²) in [5.74, 6) is 1.02. The Kier molecular flexibility index (Phi) is 6.79. The zero-order valence-electron chi connectivity index (χ0n) is 16.7. The molecule has 6 nitrogen and oxygen atoms in total. The van der Waals surface area contributed by atoms with E-state index >= 15 is 0 Å². The minimum Gasteiger partial charge on any atom is -0.466 e. The van der Waals surface area contributed by atoms with Crippen molar-refractivity contribution in [3.63, 3.8) is 0 Å². The maximum absolute atomic E-state index is 13.1. The molecule has 29 heavy (non-hydrogen) atoms. The molecule has 150 valence electrons. The molecule has 0 spiro atoms. The van der Waals surface area contributed by atoms with Gasteiger partial charge < -0.3 is 14.6 Å². The Morgan fingerprint density at radius 2 is 1.83 bits per heavy atom. The highest BCUT2D eigenvalue weighted by molar-refractivity contribution is 5.95. The number of carbonyl (C=O) groups excluding carboxylic acids is 2. The van der Waals surface area contributed by atoms with Crippen molar-refractivity contribution in [1.82, 2.24) is 15.2 Å². The monoisotopic (exact) mass is 391 g/mol. The highest BCUT2D eigenvalue weighted by Crippen LogP contribution is 2.18. The van der Waals surface area contributed by atoms with Crippen molar-refractivity contribution < 1.29 is 14.0 Å². The van der Waals surface area contributed by atoms with E-state index in [1.165, 1.54) is 0 Å². The molecule has 0 atom stereocenters. The molecule has 0 fully saturated rings. The quantitative estimate of drug-likeness (QED) is 0.636. The van der Waals surface area contributed by atoms with Crippen LogP contribution in [0.15, 0.2) is 65.2 Å². The number of nitrogens with one attached hydrogen (secondary N) is 1. The van der Waals surface area contributed by atoms with Crippen LogP contribution < -0.4 is 5.32 Å². The maximum Gasteiger partial charge on any atom is 0.257 e. The molecular formula is C23H25N3O3. The Morgan fingerprint density at radius 3 is 2.48 bits per heavy atom. The summed E-state index contributed by atoms with van der Waals surface area (Å²) in [5, 5.41) is 2.85. The standard InChI is InChI=1S/C23H25N3O3/c1-17-14-21(18(2)29-17)23(28)26(16-19-8-4-3-5-9-19)13-11-22(27)25-15-20-10-6-7-12-24-20/h3-10,12,14H,11,13,15-16H2,1-2H3,(H,25,27). The summed E-state index contributed by atoms with van der Waals surface area (Å²) >= 11 is 0. The fourth-order valence-corrected chi connectivity index (χ4v) is 3.09. The van der Waals surface area contributed by atoms with Crippen LogP contribution >= 0.6 is 0 Å². The van der Waals surface area contributed by atoms with E-state index in [1.54, 1.807) is 24.1 Å². The van der Waals surface area contributed by atoms with E-state index in [1.807, 2.05) is 55.5 Å². The van der Waals surface area contributed by atoms with Crippen molar-refractivity contribution in [3.05, 3.63) is 89.1 Å². The van der Waals surface area contributed by atoms with Crippen molar-refractivity contribution in [1.29, 1.82) is 0 Å². The largest absolute Gasteiger partial charge is 0.466 e. The third-order valence-corrected chi connectivity index (χ3v) is 4.58. The van der Waals surface area contributed by atoms with Gasteiger partial charge in [0.25, 0.3) is 5.91 Å². The van der Waals surface area contributed by atoms with E-state index < -0.39 is 0 Å². The van der Waals surface area contributed by atoms with Crippen LogP contribution in [-0.4, -0.2) is 28.2 Å². The van der Waals surface area contributed by atoms with Gasteiger partial charge in [-0.05, 0) is 37.6 Å². The second kappa shape index (κ2) is 9.68. The number of benzene rings is 1. The highest BCUT2D eigenvalue weighted by atomic mass is 16.3. The molecule has 3 rings (SSSR count). The number of amides is 2. The van der Waals surface area contributed by atoms with Crippen molar-refractivity contribution >= 4 is 11.8 Å². The number of hydrogen-bond acceptors (Lipinski definition) is 4. The summed E-state index contributed by atoms with van der Waals surface area (Å²) in [6, 6.07) is 17.1. The lowest BCUT2D eigenvalue weighted by molar-refractivity contribution is -0.121. The molecule has 3 aromatic rings. The van der Waals surface area contributed by atoms with Gasteiger partial charge in [0.05, 0.1) is 17.8 Å². The molecule has 0 radical (unpaired) electrons. The summed E-state index contributed by atoms with van der Waals surface area (Å²) in [4.78, 5) is 31.3. The smallest absolute Gasteiger partial charge is 0.257 e. The van der Waals surface area contributed by atoms with Gasteiger partial charge in [-0.2, -0.15) is 0 Å². The zero-order valence-corrected chi connectivity index (χ0v) is 16.7. The zero-order chi connectivity index (χ0) is 20.6. The number of rotatable bonds is 8. The van der Waals surface area contributed by atoms with Crippen LogP contribution in [0, 0.1) is 13.8 Å². The second-order valence-corrected chi connectivity index (χ2v) is 6.89. The average molecular weight is 391 g/mol. The lowest BCUT2D eigenvalue weighted by Crippen LogP contribution is -2.35. The molecule has 0 aliphatic carbocycles. The summed E-state index contributed by atoms with van der Waals surface area (Å²) in [7, 11) is 0. The van der Waals surface area contributed by atoms with Gasteiger partial charge in [-0.1, -0.05) is 36.4 Å². The first-order valence-corrected chi connectivity index (χ1v) is 9.60. The first kappa shape index (κ1) is 20.3. The third-order valence-electron chi connectivity index (χ3n) is 4.58. The van der Waals surface area contributed by atoms with Crippen LogP contribution in [0.5, 0.6) is 0 Å². The lowest BCUT2D eigenvalue weighted by Gasteiger charge is -2.22. The Bertz CT molecular complexity index is 952. The molecule has 0 aliphatic heterocycles. The molecule has 2 amide bonds. The summed E-state index contributed by atoms with van der Waals surface area (Å²) in [6.45, 7) is 4.70. The first-order chi connectivity index (χ1) is 14.0. The Morgan fingerprint density at radius 1 is 1.07 bits per heavy atom. The summed E-state index contributed by atoms with van der Waals surface area (Å²) < 4.78 is 5.52. The van der Waals surface area contributed by atoms with E-state index in [4.69, 9.17) is 4.42 Å². The lowest BCUT2D eigenvalue weighted by atomic mass is 10.1. The molecule has 0 saturated carbocycles. The minimum absolute atomic E-state index is 0.124. The van der Waals surface area contributed by atoms with E-state index in [0.29, 0.717) is 36.7 Å². The number of pyridine rings is 1. The van der Waals surface area contributed by atoms with Gasteiger partial charge in [-0.25, -0.2) is 0 Å². The van der Waals surface area contributed by atoms with E-state index in [-0.39, 0.29) is 18.2 Å². The van der Waals surface area contributed by atoms with E-state index in [0.717, 1.165) is 11.3 Å². The molecule has 1 aromatic carbocycles. The fraction of sp³-hybridized carbons (Fsp3) is 0.261. The van der Waals surface area contributed by atoms with Crippen molar-refractivity contribution in [2.24, 2.45) is 0 Å². The molecule has 0 aliphatic rings. The normalized spacial score (nSPS) is 10.6. The van der Waals surface area contributed by atoms with Crippen LogP contribution in [0.2, 0.25) is 0 Å². The molecule has 2 aromatic heterocycles. The molecule has 0 saturated heterocycles. The number of furan rings is 1. The number of carbonyl (C=O) groups is 2. The minimum atomic E-state index is -0.138. The van der Waals surface area contributed by atoms with Crippen LogP contribution in [0.1, 0.15) is 39.6 Å². The van der Waals surface area contributed by atoms with Crippen molar-refractivity contribution in [2.45, 2.75) is 33.4 Å². The number of aromatic nitrogens is 1. The van der Waals surface area contributed by atoms with Crippen molar-refractivity contribution in [3.8, 4) is 0 Å². The molecule has 0 unspecified atom stereocenters. The predicted molar refractivity (Wildman–Crippen MR) is 110 cm³/mol. The Balaban J connectivity index is 1.65. The summed E-state index contributed by atoms with van der Waals surface area (Å²) in [6.07, 6.45) is 1.90. The molecular weight excluding hydrogens is 366 g/mol. The number of hydrogen-bond donors (Lipinski definition) is 1. The second-order valence-electron chi connectivity index (χ2n) is 6.89. The Labute approximate surface area is 170 Å². The topological polar surface area (TPSA) is 75.4 Å². The highest BCUT2D eigenvalue weighted by Gasteiger charge is 2.21. The van der Waals surface area contributed by atoms with Crippen LogP contribution in [0.4, 0.5) is 0 Å². The van der Waals surface area contributed by atoms with Gasteiger partial charge in [0.15, 0.2) is 0 Å². The van der Waals surface area contributed by atoms with Gasteiger partial charge in [-0.3, -0.25) is 14.6 Å². The Hall–Kier alpha value is -3.41. The van der Waals surface area contributed by atoms with Crippen LogP contribution in [0.3, 0.4) is 0 Å². The molecule has 0 bridgehead atoms. The predicted octanol–water partition coefficient (Wildman–Crippen LogP) is 3.64. The average Bonchev–Trinajstić information content (AvgIpc) is 3.08. The number of aryl methyl sites for hydroxylation is 2. The molecule has 6 heteroatoms. The van der Waals surface area contributed by atoms with E-state index in [9.17, 15) is 9.59 Å². The SMILES string of the molecule is Cc1cc(C(=O)N(CCC(=O)NCc2ccccn2)Cc2ccccc2)c(C)o1. The van der Waals surface area contributed by atoms with Crippen LogP contribution in [-0.2, 0) is 17.9 Å². The van der Waals surface area contributed by atoms with Gasteiger partial charge in [0, 0.05) is 25.7 Å². The van der Waals surface area contributed by atoms with Gasteiger partial charge >= 0.3 is 0 Å². The van der Waals surface area contributed by atoms with Gasteiger partial charge in [0.2, 0.25) is 5.91 Å².